The summed E-state index contributed by atoms with van der Waals surface area (Å²) in [5.74, 6) is 2.22. The number of nitrogens with one attached hydrogen (secondary N) is 1. The van der Waals surface area contributed by atoms with E-state index < -0.39 is 0 Å². The van der Waals surface area contributed by atoms with Crippen LogP contribution in [-0.2, 0) is 4.74 Å². The smallest absolute Gasteiger partial charge is 0.188 e. The summed E-state index contributed by atoms with van der Waals surface area (Å²) in [7, 11) is 0. The molecule has 0 aliphatic carbocycles. The summed E-state index contributed by atoms with van der Waals surface area (Å²) in [6.07, 6.45) is 31.1. The van der Waals surface area contributed by atoms with Gasteiger partial charge in [-0.05, 0) is 75.5 Å². The van der Waals surface area contributed by atoms with Gasteiger partial charge in [0.1, 0.15) is 0 Å². The van der Waals surface area contributed by atoms with Crippen molar-refractivity contribution in [3.05, 3.63) is 85.1 Å². The Morgan fingerprint density at radius 2 is 1.46 bits per heavy atom. The van der Waals surface area contributed by atoms with Crippen LogP contribution in [0.4, 0.5) is 0 Å². The maximum atomic E-state index is 6.02. The topological polar surface area (TPSA) is 28.3 Å². The molecule has 228 valence electrons. The second kappa shape index (κ2) is 22.0. The third kappa shape index (κ3) is 14.2. The van der Waals surface area contributed by atoms with E-state index in [9.17, 15) is 0 Å². The van der Waals surface area contributed by atoms with Gasteiger partial charge < -0.3 is 14.6 Å². The lowest BCUT2D eigenvalue weighted by atomic mass is 9.89. The van der Waals surface area contributed by atoms with Crippen LogP contribution in [0.3, 0.4) is 0 Å². The van der Waals surface area contributed by atoms with E-state index in [2.05, 4.69) is 98.6 Å². The number of para-hydroxylation sites is 1. The summed E-state index contributed by atoms with van der Waals surface area (Å²) in [5.41, 5.74) is 2.69. The number of aromatic nitrogens is 1. The van der Waals surface area contributed by atoms with Gasteiger partial charge in [-0.25, -0.2) is 0 Å². The van der Waals surface area contributed by atoms with Crippen LogP contribution in [0.5, 0.6) is 0 Å². The van der Waals surface area contributed by atoms with Crippen molar-refractivity contribution in [1.29, 1.82) is 0 Å². The zero-order chi connectivity index (χ0) is 29.5. The number of benzene rings is 1. The molecule has 41 heavy (non-hydrogen) atoms. The van der Waals surface area contributed by atoms with E-state index in [1.165, 1.54) is 87.1 Å². The van der Waals surface area contributed by atoms with Crippen molar-refractivity contribution in [1.82, 2.24) is 9.88 Å². The van der Waals surface area contributed by atoms with Crippen LogP contribution in [0.1, 0.15) is 135 Å². The zero-order valence-corrected chi connectivity index (χ0v) is 26.8. The van der Waals surface area contributed by atoms with Crippen molar-refractivity contribution in [2.24, 2.45) is 0 Å². The number of unbranched alkanes of at least 4 members (excludes halogenated alkanes) is 9. The first kappa shape index (κ1) is 34.5. The molecule has 0 atom stereocenters. The number of hydrogen-bond acceptors (Lipinski definition) is 2. The number of allylic oxidation sites excluding steroid dienone is 5. The summed E-state index contributed by atoms with van der Waals surface area (Å²) in [5, 5.41) is 1.36. The molecule has 1 fully saturated rings. The Labute approximate surface area is 252 Å². The highest BCUT2D eigenvalue weighted by atomic mass is 16.5. The number of rotatable bonds is 19. The van der Waals surface area contributed by atoms with Crippen LogP contribution in [0, 0.1) is 0 Å². The monoisotopic (exact) mass is 560 g/mol. The van der Waals surface area contributed by atoms with Crippen molar-refractivity contribution in [2.45, 2.75) is 129 Å². The SMILES string of the molecule is C=C(CCCCCCC/C=C\C/C=C\CCCCC)OC(=C)N1CCC(c2c[nH]c3ccccc23)CC1.CCCC. The van der Waals surface area contributed by atoms with Crippen molar-refractivity contribution in [2.75, 3.05) is 13.1 Å². The van der Waals surface area contributed by atoms with E-state index >= 15 is 0 Å². The van der Waals surface area contributed by atoms with Crippen LogP contribution < -0.4 is 0 Å². The van der Waals surface area contributed by atoms with Crippen LogP contribution in [0.2, 0.25) is 0 Å². The summed E-state index contributed by atoms with van der Waals surface area (Å²) in [6, 6.07) is 8.61. The molecule has 1 aliphatic rings. The molecule has 0 spiro atoms. The number of aromatic amines is 1. The lowest BCUT2D eigenvalue weighted by Gasteiger charge is -2.34. The van der Waals surface area contributed by atoms with Crippen LogP contribution in [0.25, 0.3) is 10.9 Å². The Balaban J connectivity index is 0.00000138. The number of fused-ring (bicyclic) bond motifs is 1. The van der Waals surface area contributed by atoms with Gasteiger partial charge in [-0.15, -0.1) is 0 Å². The fraction of sp³-hybridized carbons (Fsp3) is 0.579. The molecule has 0 radical (unpaired) electrons. The van der Waals surface area contributed by atoms with Gasteiger partial charge in [0.25, 0.3) is 0 Å². The average Bonchev–Trinajstić information content (AvgIpc) is 3.43. The molecule has 3 nitrogen and oxygen atoms in total. The minimum absolute atomic E-state index is 0.594. The molecule has 0 saturated carbocycles. The van der Waals surface area contributed by atoms with E-state index in [1.807, 2.05) is 0 Å². The van der Waals surface area contributed by atoms with Crippen LogP contribution in [-0.4, -0.2) is 23.0 Å². The minimum Gasteiger partial charge on any atom is -0.447 e. The largest absolute Gasteiger partial charge is 0.447 e. The normalized spacial score (nSPS) is 14.1. The molecule has 3 heteroatoms. The Morgan fingerprint density at radius 1 is 0.829 bits per heavy atom. The third-order valence-corrected chi connectivity index (χ3v) is 8.08. The Kier molecular flexibility index (Phi) is 18.5. The van der Waals surface area contributed by atoms with Gasteiger partial charge in [-0.1, -0.05) is 115 Å². The van der Waals surface area contributed by atoms with Gasteiger partial charge in [-0.2, -0.15) is 0 Å². The molecular weight excluding hydrogens is 500 g/mol. The molecule has 1 aromatic carbocycles. The maximum Gasteiger partial charge on any atom is 0.188 e. The molecule has 0 unspecified atom stereocenters. The molecule has 1 N–H and O–H groups in total. The molecule has 1 aromatic heterocycles. The first-order chi connectivity index (χ1) is 20.1. The Hall–Kier alpha value is -2.68. The second-order valence-electron chi connectivity index (χ2n) is 11.6. The number of hydrogen-bond donors (Lipinski definition) is 1. The lowest BCUT2D eigenvalue weighted by molar-refractivity contribution is 0.134. The summed E-state index contributed by atoms with van der Waals surface area (Å²) in [4.78, 5) is 5.71. The zero-order valence-electron chi connectivity index (χ0n) is 26.8. The molecule has 1 saturated heterocycles. The Bertz CT molecular complexity index is 1020. The summed E-state index contributed by atoms with van der Waals surface area (Å²) >= 11 is 0. The predicted molar refractivity (Wildman–Crippen MR) is 181 cm³/mol. The number of H-pyrrole nitrogens is 1. The molecule has 0 amide bonds. The standard InChI is InChI=1S/C34H50N2O.C4H10/c1-4-5-6-7-8-9-10-11-12-13-14-15-16-17-18-21-29(2)37-30(3)36-26-24-31(25-27-36)33-28-35-34-23-20-19-22-32(33)34;1-3-4-2/h8-9,11-12,19-20,22-23,28,31,35H,2-7,10,13-18,21,24-27H2,1H3;3-4H2,1-2H3/b9-8-,12-11-;. The minimum atomic E-state index is 0.594. The maximum absolute atomic E-state index is 6.02. The highest BCUT2D eigenvalue weighted by molar-refractivity contribution is 5.83. The van der Waals surface area contributed by atoms with E-state index in [1.54, 1.807) is 0 Å². The van der Waals surface area contributed by atoms with E-state index in [0.717, 1.165) is 56.8 Å². The number of piperidine rings is 1. The number of likely N-dealkylation sites (tertiary alicyclic amines) is 1. The molecule has 0 bridgehead atoms. The van der Waals surface area contributed by atoms with Gasteiger partial charge >= 0.3 is 0 Å². The molecule has 2 heterocycles. The molecule has 1 aliphatic heterocycles. The number of ether oxygens (including phenoxy) is 1. The van der Waals surface area contributed by atoms with E-state index in [4.69, 9.17) is 4.74 Å². The summed E-state index contributed by atoms with van der Waals surface area (Å²) in [6.45, 7) is 16.9. The van der Waals surface area contributed by atoms with Crippen molar-refractivity contribution >= 4 is 10.9 Å². The van der Waals surface area contributed by atoms with Gasteiger partial charge in [0.2, 0.25) is 0 Å². The highest BCUT2D eigenvalue weighted by Crippen LogP contribution is 2.34. The third-order valence-electron chi connectivity index (χ3n) is 8.08. The quantitative estimate of drug-likeness (QED) is 0.105. The van der Waals surface area contributed by atoms with Crippen molar-refractivity contribution in [3.8, 4) is 0 Å². The van der Waals surface area contributed by atoms with Crippen molar-refractivity contribution in [3.63, 3.8) is 0 Å². The Morgan fingerprint density at radius 3 is 2.15 bits per heavy atom. The van der Waals surface area contributed by atoms with E-state index in [0.29, 0.717) is 5.92 Å². The van der Waals surface area contributed by atoms with E-state index in [-0.39, 0.29) is 0 Å². The average molecular weight is 561 g/mol. The van der Waals surface area contributed by atoms with Gasteiger partial charge in [-0.3, -0.25) is 0 Å². The van der Waals surface area contributed by atoms with Gasteiger partial charge in [0.15, 0.2) is 5.88 Å². The van der Waals surface area contributed by atoms with Gasteiger partial charge in [0.05, 0.1) is 5.76 Å². The van der Waals surface area contributed by atoms with Gasteiger partial charge in [0, 0.05) is 36.6 Å². The summed E-state index contributed by atoms with van der Waals surface area (Å²) < 4.78 is 6.02. The first-order valence-electron chi connectivity index (χ1n) is 16.8. The molecule has 2 aromatic rings. The van der Waals surface area contributed by atoms with Crippen LogP contribution >= 0.6 is 0 Å². The number of nitrogens with zero attached hydrogens (tertiary/aromatic N) is 1. The molecular formula is C38H60N2O. The second-order valence-corrected chi connectivity index (χ2v) is 11.6. The highest BCUT2D eigenvalue weighted by Gasteiger charge is 2.24. The molecule has 3 rings (SSSR count). The fourth-order valence-electron chi connectivity index (χ4n) is 5.29. The fourth-order valence-corrected chi connectivity index (χ4v) is 5.29. The van der Waals surface area contributed by atoms with Crippen LogP contribution in [0.15, 0.2) is 79.6 Å². The predicted octanol–water partition coefficient (Wildman–Crippen LogP) is 12.0. The first-order valence-corrected chi connectivity index (χ1v) is 16.8. The lowest BCUT2D eigenvalue weighted by Crippen LogP contribution is -2.32. The van der Waals surface area contributed by atoms with Crippen molar-refractivity contribution < 1.29 is 4.74 Å².